The molecule has 0 unspecified atom stereocenters. The maximum Gasteiger partial charge on any atom is 0.148 e. The van der Waals surface area contributed by atoms with Crippen LogP contribution in [0, 0.1) is 0 Å². The van der Waals surface area contributed by atoms with Crippen molar-refractivity contribution < 1.29 is 0 Å². The van der Waals surface area contributed by atoms with E-state index in [9.17, 15) is 0 Å². The minimum atomic E-state index is 0.433. The van der Waals surface area contributed by atoms with Gasteiger partial charge in [0.2, 0.25) is 0 Å². The summed E-state index contributed by atoms with van der Waals surface area (Å²) in [5, 5.41) is 8.47. The lowest BCUT2D eigenvalue weighted by Gasteiger charge is -2.07. The molecule has 0 atom stereocenters. The van der Waals surface area contributed by atoms with Crippen LogP contribution in [0.2, 0.25) is 0 Å². The molecule has 1 heterocycles. The Morgan fingerprint density at radius 1 is 1.28 bits per heavy atom. The molecule has 0 aliphatic heterocycles. The van der Waals surface area contributed by atoms with Crippen LogP contribution in [0.3, 0.4) is 0 Å². The molecule has 1 aliphatic rings. The molecule has 94 valence electrons. The lowest BCUT2D eigenvalue weighted by Crippen LogP contribution is -2.05. The molecule has 18 heavy (non-hydrogen) atoms. The highest BCUT2D eigenvalue weighted by Gasteiger charge is 2.28. The van der Waals surface area contributed by atoms with Gasteiger partial charge >= 0.3 is 0 Å². The summed E-state index contributed by atoms with van der Waals surface area (Å²) in [5.41, 5.74) is 1.24. The number of nitrogens with zero attached hydrogens (tertiary/aromatic N) is 3. The number of halogens is 2. The second-order valence-electron chi connectivity index (χ2n) is 4.57. The van der Waals surface area contributed by atoms with Crippen molar-refractivity contribution in [2.24, 2.45) is 0 Å². The predicted molar refractivity (Wildman–Crippen MR) is 74.8 cm³/mol. The first-order chi connectivity index (χ1) is 8.78. The van der Waals surface area contributed by atoms with Gasteiger partial charge in [0, 0.05) is 16.9 Å². The smallest absolute Gasteiger partial charge is 0.148 e. The second-order valence-corrected chi connectivity index (χ2v) is 5.76. The summed E-state index contributed by atoms with van der Waals surface area (Å²) in [4.78, 5) is 0. The van der Waals surface area contributed by atoms with E-state index in [1.807, 2.05) is 12.1 Å². The predicted octanol–water partition coefficient (Wildman–Crippen LogP) is 3.71. The minimum Gasteiger partial charge on any atom is -0.311 e. The zero-order valence-corrected chi connectivity index (χ0v) is 12.2. The highest BCUT2D eigenvalue weighted by molar-refractivity contribution is 9.10. The molecule has 1 aliphatic carbocycles. The van der Waals surface area contributed by atoms with Crippen LogP contribution >= 0.6 is 27.5 Å². The molecule has 1 saturated carbocycles. The second kappa shape index (κ2) is 5.02. The summed E-state index contributed by atoms with van der Waals surface area (Å²) in [5.74, 6) is 2.34. The van der Waals surface area contributed by atoms with Gasteiger partial charge in [-0.2, -0.15) is 0 Å². The SMILES string of the molecule is ClCc1nnc(Cc2cccc(Br)c2)n1C1CC1. The van der Waals surface area contributed by atoms with E-state index in [4.69, 9.17) is 11.6 Å². The Bertz CT molecular complexity index is 563. The van der Waals surface area contributed by atoms with Crippen LogP contribution in [-0.2, 0) is 12.3 Å². The fourth-order valence-corrected chi connectivity index (χ4v) is 2.79. The molecule has 0 saturated heterocycles. The van der Waals surface area contributed by atoms with Crippen molar-refractivity contribution in [3.63, 3.8) is 0 Å². The van der Waals surface area contributed by atoms with Crippen molar-refractivity contribution in [1.82, 2.24) is 14.8 Å². The standard InChI is InChI=1S/C13H13BrClN3/c14-10-3-1-2-9(6-10)7-12-16-17-13(8-15)18(12)11-4-5-11/h1-3,6,11H,4-5,7-8H2. The van der Waals surface area contributed by atoms with Gasteiger partial charge in [-0.1, -0.05) is 28.1 Å². The molecule has 1 aromatic heterocycles. The van der Waals surface area contributed by atoms with Crippen LogP contribution in [-0.4, -0.2) is 14.8 Å². The van der Waals surface area contributed by atoms with Crippen LogP contribution < -0.4 is 0 Å². The Morgan fingerprint density at radius 3 is 2.72 bits per heavy atom. The molecule has 1 aromatic carbocycles. The van der Waals surface area contributed by atoms with Gasteiger partial charge in [0.1, 0.15) is 11.6 Å². The molecule has 0 radical (unpaired) electrons. The summed E-state index contributed by atoms with van der Waals surface area (Å²) in [6, 6.07) is 8.86. The van der Waals surface area contributed by atoms with Gasteiger partial charge in [0.15, 0.2) is 0 Å². The first-order valence-electron chi connectivity index (χ1n) is 6.01. The maximum absolute atomic E-state index is 5.91. The maximum atomic E-state index is 5.91. The van der Waals surface area contributed by atoms with Crippen LogP contribution in [0.15, 0.2) is 28.7 Å². The van der Waals surface area contributed by atoms with Gasteiger partial charge in [0.05, 0.1) is 5.88 Å². The zero-order valence-electron chi connectivity index (χ0n) is 9.81. The van der Waals surface area contributed by atoms with E-state index in [1.54, 1.807) is 0 Å². The van der Waals surface area contributed by atoms with Crippen molar-refractivity contribution in [1.29, 1.82) is 0 Å². The largest absolute Gasteiger partial charge is 0.311 e. The Hall–Kier alpha value is -0.870. The first kappa shape index (κ1) is 12.2. The van der Waals surface area contributed by atoms with Gasteiger partial charge < -0.3 is 4.57 Å². The van der Waals surface area contributed by atoms with Gasteiger partial charge in [0.25, 0.3) is 0 Å². The zero-order chi connectivity index (χ0) is 12.5. The Balaban J connectivity index is 1.90. The molecule has 5 heteroatoms. The Morgan fingerprint density at radius 2 is 2.06 bits per heavy atom. The lowest BCUT2D eigenvalue weighted by atomic mass is 10.1. The van der Waals surface area contributed by atoms with Crippen molar-refractivity contribution in [3.8, 4) is 0 Å². The van der Waals surface area contributed by atoms with Crippen molar-refractivity contribution in [3.05, 3.63) is 46.0 Å². The third-order valence-corrected chi connectivity index (χ3v) is 3.85. The van der Waals surface area contributed by atoms with E-state index < -0.39 is 0 Å². The molecular weight excluding hydrogens is 314 g/mol. The summed E-state index contributed by atoms with van der Waals surface area (Å²) in [7, 11) is 0. The third-order valence-electron chi connectivity index (χ3n) is 3.12. The Kier molecular flexibility index (Phi) is 3.39. The van der Waals surface area contributed by atoms with Crippen LogP contribution in [0.1, 0.15) is 36.1 Å². The summed E-state index contributed by atoms with van der Waals surface area (Å²) in [6.45, 7) is 0. The van der Waals surface area contributed by atoms with E-state index >= 15 is 0 Å². The van der Waals surface area contributed by atoms with E-state index in [0.29, 0.717) is 11.9 Å². The average molecular weight is 327 g/mol. The number of hydrogen-bond acceptors (Lipinski definition) is 2. The molecular formula is C13H13BrClN3. The fraction of sp³-hybridized carbons (Fsp3) is 0.385. The quantitative estimate of drug-likeness (QED) is 0.802. The van der Waals surface area contributed by atoms with Crippen LogP contribution in [0.5, 0.6) is 0 Å². The molecule has 3 nitrogen and oxygen atoms in total. The minimum absolute atomic E-state index is 0.433. The average Bonchev–Trinajstić information content (AvgIpc) is 3.11. The van der Waals surface area contributed by atoms with Gasteiger partial charge in [-0.3, -0.25) is 0 Å². The summed E-state index contributed by atoms with van der Waals surface area (Å²) >= 11 is 9.40. The highest BCUT2D eigenvalue weighted by atomic mass is 79.9. The Labute approximate surface area is 119 Å². The summed E-state index contributed by atoms with van der Waals surface area (Å²) < 4.78 is 3.31. The summed E-state index contributed by atoms with van der Waals surface area (Å²) in [6.07, 6.45) is 3.24. The molecule has 3 rings (SSSR count). The molecule has 2 aromatic rings. The van der Waals surface area contributed by atoms with E-state index in [1.165, 1.54) is 18.4 Å². The number of aromatic nitrogens is 3. The van der Waals surface area contributed by atoms with Gasteiger partial charge in [-0.25, -0.2) is 0 Å². The topological polar surface area (TPSA) is 30.7 Å². The molecule has 0 bridgehead atoms. The highest BCUT2D eigenvalue weighted by Crippen LogP contribution is 2.37. The van der Waals surface area contributed by atoms with Crippen LogP contribution in [0.4, 0.5) is 0 Å². The molecule has 0 amide bonds. The lowest BCUT2D eigenvalue weighted by molar-refractivity contribution is 0.669. The van der Waals surface area contributed by atoms with E-state index in [2.05, 4.69) is 42.8 Å². The molecule has 0 spiro atoms. The number of alkyl halides is 1. The van der Waals surface area contributed by atoms with Crippen molar-refractivity contribution in [2.45, 2.75) is 31.2 Å². The number of rotatable bonds is 4. The normalized spacial score (nSPS) is 15.0. The molecule has 0 N–H and O–H groups in total. The number of benzene rings is 1. The monoisotopic (exact) mass is 325 g/mol. The van der Waals surface area contributed by atoms with Gasteiger partial charge in [-0.15, -0.1) is 21.8 Å². The fourth-order valence-electron chi connectivity index (χ4n) is 2.16. The first-order valence-corrected chi connectivity index (χ1v) is 7.33. The van der Waals surface area contributed by atoms with E-state index in [0.717, 1.165) is 22.5 Å². The van der Waals surface area contributed by atoms with Crippen molar-refractivity contribution >= 4 is 27.5 Å². The van der Waals surface area contributed by atoms with Crippen LogP contribution in [0.25, 0.3) is 0 Å². The van der Waals surface area contributed by atoms with E-state index in [-0.39, 0.29) is 0 Å². The van der Waals surface area contributed by atoms with Gasteiger partial charge in [-0.05, 0) is 30.5 Å². The number of hydrogen-bond donors (Lipinski definition) is 0. The van der Waals surface area contributed by atoms with Crippen molar-refractivity contribution in [2.75, 3.05) is 0 Å². The third kappa shape index (κ3) is 2.45. The molecule has 1 fully saturated rings.